The van der Waals surface area contributed by atoms with E-state index in [0.717, 1.165) is 12.1 Å². The third-order valence-electron chi connectivity index (χ3n) is 5.15. The van der Waals surface area contributed by atoms with Crippen molar-refractivity contribution in [1.29, 1.82) is 4.78 Å². The summed E-state index contributed by atoms with van der Waals surface area (Å²) in [7, 11) is -4.86. The number of carboxylic acid groups (broad SMARTS) is 1. The van der Waals surface area contributed by atoms with E-state index in [2.05, 4.69) is 5.32 Å². The average Bonchev–Trinajstić information content (AvgIpc) is 2.45. The fourth-order valence-corrected chi connectivity index (χ4v) is 4.25. The molecule has 1 aromatic carbocycles. The minimum absolute atomic E-state index is 0.0839. The van der Waals surface area contributed by atoms with Crippen molar-refractivity contribution in [3.8, 4) is 0 Å². The number of hydrogen-bond acceptors (Lipinski definition) is 4. The van der Waals surface area contributed by atoms with Crippen molar-refractivity contribution in [2.75, 3.05) is 5.32 Å². The molecular weight excluding hydrogens is 357 g/mol. The second-order valence-electron chi connectivity index (χ2n) is 7.01. The number of carbonyl (C=O) groups is 1. The molecule has 0 heterocycles. The van der Waals surface area contributed by atoms with Gasteiger partial charge in [0.25, 0.3) is 0 Å². The highest BCUT2D eigenvalue weighted by molar-refractivity contribution is 7.93. The van der Waals surface area contributed by atoms with Crippen molar-refractivity contribution in [1.82, 2.24) is 0 Å². The molecule has 0 bridgehead atoms. The predicted octanol–water partition coefficient (Wildman–Crippen LogP) is 4.16. The second-order valence-corrected chi connectivity index (χ2v) is 9.06. The van der Waals surface area contributed by atoms with E-state index in [-0.39, 0.29) is 17.4 Å². The zero-order valence-corrected chi connectivity index (χ0v) is 14.9. The monoisotopic (exact) mass is 378 g/mol. The van der Waals surface area contributed by atoms with E-state index >= 15 is 0 Å². The van der Waals surface area contributed by atoms with Crippen molar-refractivity contribution in [3.63, 3.8) is 0 Å². The van der Waals surface area contributed by atoms with Gasteiger partial charge in [0.1, 0.15) is 0 Å². The van der Waals surface area contributed by atoms with Gasteiger partial charge < -0.3 is 10.4 Å². The number of nitrogens with one attached hydrogen (secondary N) is 2. The standard InChI is InChI=1S/C16H21F3N2O3S/c1-9(12-8-13(14(22)23)15(12,2)3)21-10-4-6-11(7-5-10)25(20,24)16(17,18)19/h4-7,9,12-13,20-21H,8H2,1-3H3,(H,22,23)/t9?,12-,13+,25?/m0/s1. The quantitative estimate of drug-likeness (QED) is 0.718. The van der Waals surface area contributed by atoms with Crippen LogP contribution in [0.25, 0.3) is 0 Å². The normalized spacial score (nSPS) is 26.2. The molecule has 1 aliphatic carbocycles. The molecule has 4 atom stereocenters. The Kier molecular flexibility index (Phi) is 4.84. The van der Waals surface area contributed by atoms with Gasteiger partial charge in [-0.05, 0) is 48.9 Å². The number of hydrogen-bond donors (Lipinski definition) is 3. The molecule has 1 aliphatic rings. The van der Waals surface area contributed by atoms with E-state index in [9.17, 15) is 27.3 Å². The van der Waals surface area contributed by atoms with Gasteiger partial charge in [-0.15, -0.1) is 0 Å². The van der Waals surface area contributed by atoms with Crippen molar-refractivity contribution in [2.45, 2.75) is 43.6 Å². The van der Waals surface area contributed by atoms with Crippen LogP contribution < -0.4 is 5.32 Å². The van der Waals surface area contributed by atoms with Crippen molar-refractivity contribution in [2.24, 2.45) is 17.3 Å². The van der Waals surface area contributed by atoms with Crippen LogP contribution in [0.2, 0.25) is 0 Å². The number of alkyl halides is 3. The van der Waals surface area contributed by atoms with Crippen LogP contribution in [-0.2, 0) is 14.5 Å². The molecule has 2 unspecified atom stereocenters. The number of carboxylic acids is 1. The highest BCUT2D eigenvalue weighted by atomic mass is 32.2. The van der Waals surface area contributed by atoms with Gasteiger partial charge in [0.15, 0.2) is 9.73 Å². The Labute approximate surface area is 144 Å². The van der Waals surface area contributed by atoms with E-state index in [1.165, 1.54) is 12.1 Å². The number of anilines is 1. The number of halogens is 3. The van der Waals surface area contributed by atoms with Gasteiger partial charge in [0.05, 0.1) is 10.8 Å². The lowest BCUT2D eigenvalue weighted by Crippen LogP contribution is -2.54. The van der Waals surface area contributed by atoms with E-state index in [1.807, 2.05) is 20.8 Å². The van der Waals surface area contributed by atoms with Gasteiger partial charge in [-0.1, -0.05) is 13.8 Å². The minimum Gasteiger partial charge on any atom is -0.481 e. The zero-order valence-electron chi connectivity index (χ0n) is 14.1. The fraction of sp³-hybridized carbons (Fsp3) is 0.562. The first-order valence-electron chi connectivity index (χ1n) is 7.73. The first-order chi connectivity index (χ1) is 11.3. The van der Waals surface area contributed by atoms with Crippen LogP contribution in [0.1, 0.15) is 27.2 Å². The van der Waals surface area contributed by atoms with Crippen LogP contribution in [0.4, 0.5) is 18.9 Å². The summed E-state index contributed by atoms with van der Waals surface area (Å²) < 4.78 is 56.6. The Hall–Kier alpha value is -1.77. The molecular formula is C16H21F3N2O3S. The molecule has 140 valence electrons. The summed E-state index contributed by atoms with van der Waals surface area (Å²) in [6.07, 6.45) is 0.531. The fourth-order valence-electron chi connectivity index (χ4n) is 3.47. The van der Waals surface area contributed by atoms with E-state index in [1.54, 1.807) is 0 Å². The molecule has 3 N–H and O–H groups in total. The first-order valence-corrected chi connectivity index (χ1v) is 9.29. The first kappa shape index (κ1) is 19.6. The molecule has 9 heteroatoms. The maximum absolute atomic E-state index is 12.6. The van der Waals surface area contributed by atoms with Gasteiger partial charge in [-0.3, -0.25) is 4.79 Å². The molecule has 0 radical (unpaired) electrons. The highest BCUT2D eigenvalue weighted by Gasteiger charge is 2.53. The van der Waals surface area contributed by atoms with Crippen LogP contribution in [0.5, 0.6) is 0 Å². The zero-order chi connectivity index (χ0) is 19.2. The lowest BCUT2D eigenvalue weighted by molar-refractivity contribution is -0.159. The minimum atomic E-state index is -5.11. The van der Waals surface area contributed by atoms with E-state index < -0.39 is 32.0 Å². The summed E-state index contributed by atoms with van der Waals surface area (Å²) in [5.74, 6) is -1.14. The maximum atomic E-state index is 12.6. The lowest BCUT2D eigenvalue weighted by Gasteiger charge is -2.52. The number of benzene rings is 1. The summed E-state index contributed by atoms with van der Waals surface area (Å²) in [6, 6.07) is 4.69. The highest BCUT2D eigenvalue weighted by Crippen LogP contribution is 2.53. The van der Waals surface area contributed by atoms with Crippen LogP contribution in [-0.4, -0.2) is 26.8 Å². The molecule has 0 amide bonds. The Morgan fingerprint density at radius 2 is 1.88 bits per heavy atom. The van der Waals surface area contributed by atoms with E-state index in [0.29, 0.717) is 12.1 Å². The van der Waals surface area contributed by atoms with Crippen LogP contribution >= 0.6 is 0 Å². The Morgan fingerprint density at radius 1 is 1.36 bits per heavy atom. The van der Waals surface area contributed by atoms with Gasteiger partial charge >= 0.3 is 11.5 Å². The van der Waals surface area contributed by atoms with Crippen LogP contribution in [0.3, 0.4) is 0 Å². The summed E-state index contributed by atoms with van der Waals surface area (Å²) in [5.41, 5.74) is -4.97. The third-order valence-corrected chi connectivity index (χ3v) is 6.74. The molecule has 25 heavy (non-hydrogen) atoms. The Morgan fingerprint density at radius 3 is 2.28 bits per heavy atom. The van der Waals surface area contributed by atoms with Crippen molar-refractivity contribution in [3.05, 3.63) is 24.3 Å². The van der Waals surface area contributed by atoms with Crippen LogP contribution in [0, 0.1) is 22.0 Å². The van der Waals surface area contributed by atoms with Gasteiger partial charge in [-0.2, -0.15) is 13.2 Å². The molecule has 2 rings (SSSR count). The second kappa shape index (κ2) is 6.19. The van der Waals surface area contributed by atoms with Crippen molar-refractivity contribution >= 4 is 21.4 Å². The SMILES string of the molecule is CC(Nc1ccc(S(=N)(=O)C(F)(F)F)cc1)[C@@H]1C[C@H](C(=O)O)C1(C)C. The predicted molar refractivity (Wildman–Crippen MR) is 87.7 cm³/mol. The molecule has 0 aliphatic heterocycles. The third kappa shape index (κ3) is 3.47. The Bertz CT molecular complexity index is 758. The summed E-state index contributed by atoms with van der Waals surface area (Å²) in [6.45, 7) is 5.67. The molecule has 1 fully saturated rings. The Balaban J connectivity index is 2.09. The topological polar surface area (TPSA) is 90.3 Å². The summed E-state index contributed by atoms with van der Waals surface area (Å²) in [4.78, 5) is 10.6. The number of rotatable bonds is 5. The van der Waals surface area contributed by atoms with Gasteiger partial charge in [0, 0.05) is 11.7 Å². The van der Waals surface area contributed by atoms with Gasteiger partial charge in [0.2, 0.25) is 0 Å². The largest absolute Gasteiger partial charge is 0.483 e. The summed E-state index contributed by atoms with van der Waals surface area (Å²) >= 11 is 0. The molecule has 0 saturated heterocycles. The van der Waals surface area contributed by atoms with Crippen LogP contribution in [0.15, 0.2) is 29.2 Å². The smallest absolute Gasteiger partial charge is 0.481 e. The molecule has 0 aromatic heterocycles. The number of aliphatic carboxylic acids is 1. The van der Waals surface area contributed by atoms with E-state index in [4.69, 9.17) is 4.78 Å². The molecule has 1 saturated carbocycles. The molecule has 0 spiro atoms. The van der Waals surface area contributed by atoms with Crippen molar-refractivity contribution < 1.29 is 27.3 Å². The molecule has 1 aromatic rings. The molecule has 5 nitrogen and oxygen atoms in total. The van der Waals surface area contributed by atoms with Gasteiger partial charge in [-0.25, -0.2) is 8.99 Å². The summed E-state index contributed by atoms with van der Waals surface area (Å²) in [5, 5.41) is 12.3. The lowest BCUT2D eigenvalue weighted by atomic mass is 9.52. The average molecular weight is 378 g/mol. The maximum Gasteiger partial charge on any atom is 0.483 e.